The number of sulfonamides is 1. The number of rotatable bonds is 7. The van der Waals surface area contributed by atoms with E-state index < -0.39 is 10.0 Å². The Morgan fingerprint density at radius 1 is 1.04 bits per heavy atom. The predicted octanol–water partition coefficient (Wildman–Crippen LogP) is 4.13. The molecule has 2 aromatic rings. The molecular formula is C22H28N2O3S. The lowest BCUT2D eigenvalue weighted by Gasteiger charge is -2.26. The van der Waals surface area contributed by atoms with Gasteiger partial charge in [-0.2, -0.15) is 4.31 Å². The number of benzene rings is 2. The summed E-state index contributed by atoms with van der Waals surface area (Å²) in [6.07, 6.45) is 4.59. The Balaban J connectivity index is 1.79. The topological polar surface area (TPSA) is 66.5 Å². The number of hydrogen-bond acceptors (Lipinski definition) is 3. The first-order valence-electron chi connectivity index (χ1n) is 9.98. The molecule has 0 saturated carbocycles. The fourth-order valence-electron chi connectivity index (χ4n) is 3.59. The van der Waals surface area contributed by atoms with Gasteiger partial charge in [-0.15, -0.1) is 0 Å². The van der Waals surface area contributed by atoms with E-state index in [1.807, 2.05) is 30.3 Å². The molecule has 5 nitrogen and oxygen atoms in total. The van der Waals surface area contributed by atoms with Crippen LogP contribution in [0.5, 0.6) is 0 Å². The Kier molecular flexibility index (Phi) is 6.86. The van der Waals surface area contributed by atoms with Gasteiger partial charge in [0.25, 0.3) is 5.91 Å². The molecule has 1 saturated heterocycles. The number of carbonyl (C=O) groups excluding carboxylic acids is 1. The van der Waals surface area contributed by atoms with Crippen molar-refractivity contribution in [3.63, 3.8) is 0 Å². The summed E-state index contributed by atoms with van der Waals surface area (Å²) >= 11 is 0. The third kappa shape index (κ3) is 4.80. The van der Waals surface area contributed by atoms with E-state index >= 15 is 0 Å². The fourth-order valence-corrected chi connectivity index (χ4v) is 5.15. The van der Waals surface area contributed by atoms with Gasteiger partial charge in [0.05, 0.1) is 10.9 Å². The van der Waals surface area contributed by atoms with Crippen molar-refractivity contribution in [1.29, 1.82) is 0 Å². The molecular weight excluding hydrogens is 372 g/mol. The average Bonchev–Trinajstić information content (AvgIpc) is 2.74. The van der Waals surface area contributed by atoms with Crippen LogP contribution in [0.2, 0.25) is 0 Å². The van der Waals surface area contributed by atoms with E-state index in [1.165, 1.54) is 10.4 Å². The van der Waals surface area contributed by atoms with Gasteiger partial charge in [0.2, 0.25) is 10.0 Å². The molecule has 1 N–H and O–H groups in total. The third-order valence-electron chi connectivity index (χ3n) is 5.13. The highest BCUT2D eigenvalue weighted by atomic mass is 32.2. The van der Waals surface area contributed by atoms with Crippen LogP contribution in [0, 0.1) is 0 Å². The van der Waals surface area contributed by atoms with Gasteiger partial charge in [-0.1, -0.05) is 56.2 Å². The van der Waals surface area contributed by atoms with Crippen LogP contribution in [0.3, 0.4) is 0 Å². The molecule has 28 heavy (non-hydrogen) atoms. The Labute approximate surface area is 167 Å². The zero-order chi connectivity index (χ0) is 20.0. The van der Waals surface area contributed by atoms with Crippen LogP contribution in [0.25, 0.3) is 0 Å². The minimum absolute atomic E-state index is 0.0962. The highest BCUT2D eigenvalue weighted by Gasteiger charge is 2.26. The minimum atomic E-state index is -3.56. The number of carbonyl (C=O) groups is 1. The second-order valence-electron chi connectivity index (χ2n) is 7.22. The third-order valence-corrected chi connectivity index (χ3v) is 7.03. The van der Waals surface area contributed by atoms with Crippen LogP contribution < -0.4 is 5.32 Å². The molecule has 1 atom stereocenters. The SMILES string of the molecule is CCCC(NC(=O)c1cccc(S(=O)(=O)N2CCCCC2)c1)c1ccccc1. The van der Waals surface area contributed by atoms with Gasteiger partial charge in [-0.3, -0.25) is 4.79 Å². The van der Waals surface area contributed by atoms with Crippen molar-refractivity contribution in [2.75, 3.05) is 13.1 Å². The van der Waals surface area contributed by atoms with Crippen LogP contribution in [-0.2, 0) is 10.0 Å². The summed E-state index contributed by atoms with van der Waals surface area (Å²) in [5.41, 5.74) is 1.42. The lowest BCUT2D eigenvalue weighted by Crippen LogP contribution is -2.35. The fraction of sp³-hybridized carbons (Fsp3) is 0.409. The molecule has 6 heteroatoms. The van der Waals surface area contributed by atoms with Gasteiger partial charge in [-0.05, 0) is 43.0 Å². The first-order chi connectivity index (χ1) is 13.5. The Morgan fingerprint density at radius 2 is 1.75 bits per heavy atom. The van der Waals surface area contributed by atoms with Gasteiger partial charge in [-0.25, -0.2) is 8.42 Å². The molecule has 1 aliphatic rings. The van der Waals surface area contributed by atoms with Gasteiger partial charge < -0.3 is 5.32 Å². The molecule has 1 unspecified atom stereocenters. The smallest absolute Gasteiger partial charge is 0.251 e. The minimum Gasteiger partial charge on any atom is -0.345 e. The highest BCUT2D eigenvalue weighted by molar-refractivity contribution is 7.89. The lowest BCUT2D eigenvalue weighted by molar-refractivity contribution is 0.0934. The average molecular weight is 401 g/mol. The van der Waals surface area contributed by atoms with Crippen LogP contribution in [0.4, 0.5) is 0 Å². The highest BCUT2D eigenvalue weighted by Crippen LogP contribution is 2.23. The Morgan fingerprint density at radius 3 is 2.43 bits per heavy atom. The quantitative estimate of drug-likeness (QED) is 0.760. The van der Waals surface area contributed by atoms with Crippen LogP contribution in [0.15, 0.2) is 59.5 Å². The lowest BCUT2D eigenvalue weighted by atomic mass is 10.0. The van der Waals surface area contributed by atoms with Crippen LogP contribution in [0.1, 0.15) is 61.0 Å². The summed E-state index contributed by atoms with van der Waals surface area (Å²) in [5, 5.41) is 3.06. The largest absolute Gasteiger partial charge is 0.345 e. The van der Waals surface area contributed by atoms with E-state index in [-0.39, 0.29) is 16.8 Å². The monoisotopic (exact) mass is 400 g/mol. The van der Waals surface area contributed by atoms with Crippen molar-refractivity contribution in [1.82, 2.24) is 9.62 Å². The molecule has 150 valence electrons. The van der Waals surface area contributed by atoms with Crippen molar-refractivity contribution in [3.8, 4) is 0 Å². The maximum atomic E-state index is 12.9. The van der Waals surface area contributed by atoms with E-state index in [4.69, 9.17) is 0 Å². The Hall–Kier alpha value is -2.18. The van der Waals surface area contributed by atoms with Gasteiger partial charge >= 0.3 is 0 Å². The van der Waals surface area contributed by atoms with Crippen LogP contribution >= 0.6 is 0 Å². The molecule has 3 rings (SSSR count). The van der Waals surface area contributed by atoms with Crippen molar-refractivity contribution in [2.24, 2.45) is 0 Å². The summed E-state index contributed by atoms with van der Waals surface area (Å²) < 4.78 is 27.3. The van der Waals surface area contributed by atoms with E-state index in [0.29, 0.717) is 18.7 Å². The zero-order valence-corrected chi connectivity index (χ0v) is 17.1. The second kappa shape index (κ2) is 9.34. The summed E-state index contributed by atoms with van der Waals surface area (Å²) in [6.45, 7) is 3.17. The molecule has 0 aliphatic carbocycles. The van der Waals surface area contributed by atoms with Gasteiger partial charge in [0.1, 0.15) is 0 Å². The molecule has 0 bridgehead atoms. The molecule has 1 aliphatic heterocycles. The van der Waals surface area contributed by atoms with E-state index in [2.05, 4.69) is 12.2 Å². The summed E-state index contributed by atoms with van der Waals surface area (Å²) in [6, 6.07) is 16.1. The van der Waals surface area contributed by atoms with E-state index in [1.54, 1.807) is 18.2 Å². The first-order valence-corrected chi connectivity index (χ1v) is 11.4. The number of nitrogens with zero attached hydrogens (tertiary/aromatic N) is 1. The summed E-state index contributed by atoms with van der Waals surface area (Å²) in [5.74, 6) is -0.252. The molecule has 0 aromatic heterocycles. The molecule has 1 amide bonds. The molecule has 2 aromatic carbocycles. The van der Waals surface area contributed by atoms with Gasteiger partial charge in [0, 0.05) is 18.7 Å². The zero-order valence-electron chi connectivity index (χ0n) is 16.3. The summed E-state index contributed by atoms with van der Waals surface area (Å²) in [4.78, 5) is 13.0. The van der Waals surface area contributed by atoms with Gasteiger partial charge in [0.15, 0.2) is 0 Å². The number of amides is 1. The molecule has 0 radical (unpaired) electrons. The van der Waals surface area contributed by atoms with Crippen molar-refractivity contribution in [3.05, 3.63) is 65.7 Å². The Bertz CT molecular complexity index is 891. The summed E-state index contributed by atoms with van der Waals surface area (Å²) in [7, 11) is -3.56. The van der Waals surface area contributed by atoms with Crippen molar-refractivity contribution < 1.29 is 13.2 Å². The van der Waals surface area contributed by atoms with E-state index in [9.17, 15) is 13.2 Å². The molecule has 1 heterocycles. The maximum absolute atomic E-state index is 12.9. The van der Waals surface area contributed by atoms with Crippen molar-refractivity contribution >= 4 is 15.9 Å². The number of piperidine rings is 1. The van der Waals surface area contributed by atoms with E-state index in [0.717, 1.165) is 37.7 Å². The first kappa shape index (κ1) is 20.6. The standard InChI is InChI=1S/C22H28N2O3S/c1-2-10-21(18-11-5-3-6-12-18)23-22(25)19-13-9-14-20(17-19)28(26,27)24-15-7-4-8-16-24/h3,5-6,9,11-14,17,21H,2,4,7-8,10,15-16H2,1H3,(H,23,25). The van der Waals surface area contributed by atoms with Crippen LogP contribution in [-0.4, -0.2) is 31.7 Å². The molecule has 1 fully saturated rings. The maximum Gasteiger partial charge on any atom is 0.251 e. The predicted molar refractivity (Wildman–Crippen MR) is 111 cm³/mol. The number of nitrogens with one attached hydrogen (secondary N) is 1. The second-order valence-corrected chi connectivity index (χ2v) is 9.16. The van der Waals surface area contributed by atoms with Crippen molar-refractivity contribution in [2.45, 2.75) is 50.0 Å². The normalized spacial score (nSPS) is 16.5. The molecule has 0 spiro atoms. The number of hydrogen-bond donors (Lipinski definition) is 1.